The Morgan fingerprint density at radius 1 is 1.42 bits per heavy atom. The summed E-state index contributed by atoms with van der Waals surface area (Å²) in [7, 11) is 0. The van der Waals surface area contributed by atoms with Gasteiger partial charge in [0.25, 0.3) is 0 Å². The van der Waals surface area contributed by atoms with E-state index in [9.17, 15) is 4.79 Å². The summed E-state index contributed by atoms with van der Waals surface area (Å²) in [5, 5.41) is 0. The molecule has 1 unspecified atom stereocenters. The predicted molar refractivity (Wildman–Crippen MR) is 53.1 cm³/mol. The van der Waals surface area contributed by atoms with Crippen LogP contribution in [0.5, 0.6) is 0 Å². The fraction of sp³-hybridized carbons (Fsp3) is 0.727. The van der Waals surface area contributed by atoms with Crippen LogP contribution in [0.25, 0.3) is 0 Å². The molecule has 0 aliphatic carbocycles. The van der Waals surface area contributed by atoms with Gasteiger partial charge in [-0.3, -0.25) is 4.79 Å². The van der Waals surface area contributed by atoms with Crippen molar-refractivity contribution < 1.29 is 4.79 Å². The molecule has 0 radical (unpaired) electrons. The van der Waals surface area contributed by atoms with Crippen LogP contribution in [0.4, 0.5) is 0 Å². The Morgan fingerprint density at radius 3 is 2.42 bits per heavy atom. The molecular weight excluding hydrogens is 148 g/mol. The smallest absolute Gasteiger partial charge is 0.135 e. The molecular formula is C11H20O. The van der Waals surface area contributed by atoms with Crippen molar-refractivity contribution in [2.45, 2.75) is 40.0 Å². The minimum absolute atomic E-state index is 0.217. The minimum atomic E-state index is 0.217. The number of Topliss-reactive ketones (excluding diaryl/α,β-unsaturated/α-hetero) is 1. The summed E-state index contributed by atoms with van der Waals surface area (Å²) in [5.41, 5.74) is 0. The second-order valence-electron chi connectivity index (χ2n) is 3.68. The van der Waals surface area contributed by atoms with E-state index in [1.165, 1.54) is 0 Å². The van der Waals surface area contributed by atoms with Crippen LogP contribution in [0.2, 0.25) is 0 Å². The summed E-state index contributed by atoms with van der Waals surface area (Å²) in [4.78, 5) is 11.4. The summed E-state index contributed by atoms with van der Waals surface area (Å²) >= 11 is 0. The zero-order chi connectivity index (χ0) is 9.56. The number of ketones is 1. The molecule has 1 heteroatoms. The first-order chi connectivity index (χ1) is 5.59. The minimum Gasteiger partial charge on any atom is -0.299 e. The molecule has 0 saturated heterocycles. The zero-order valence-corrected chi connectivity index (χ0v) is 8.47. The second kappa shape index (κ2) is 5.99. The molecule has 0 amide bonds. The van der Waals surface area contributed by atoms with Crippen LogP contribution < -0.4 is 0 Å². The van der Waals surface area contributed by atoms with Crippen LogP contribution in [0.1, 0.15) is 40.0 Å². The molecule has 0 aromatic heterocycles. The van der Waals surface area contributed by atoms with Crippen molar-refractivity contribution in [2.24, 2.45) is 11.8 Å². The molecule has 1 nitrogen and oxygen atoms in total. The van der Waals surface area contributed by atoms with Gasteiger partial charge in [0.15, 0.2) is 0 Å². The molecule has 0 aliphatic rings. The van der Waals surface area contributed by atoms with Gasteiger partial charge in [0.1, 0.15) is 5.78 Å². The number of unbranched alkanes of at least 4 members (excludes halogenated alkanes) is 1. The molecule has 0 bridgehead atoms. The third kappa shape index (κ3) is 4.32. The largest absolute Gasteiger partial charge is 0.299 e. The molecule has 1 atom stereocenters. The number of rotatable bonds is 6. The van der Waals surface area contributed by atoms with Crippen molar-refractivity contribution in [1.82, 2.24) is 0 Å². The zero-order valence-electron chi connectivity index (χ0n) is 8.47. The summed E-state index contributed by atoms with van der Waals surface area (Å²) in [6, 6.07) is 0. The third-order valence-corrected chi connectivity index (χ3v) is 2.34. The lowest BCUT2D eigenvalue weighted by molar-refractivity contribution is -0.123. The molecule has 0 spiro atoms. The first-order valence-corrected chi connectivity index (χ1v) is 4.73. The molecule has 12 heavy (non-hydrogen) atoms. The van der Waals surface area contributed by atoms with Crippen molar-refractivity contribution in [3.63, 3.8) is 0 Å². The van der Waals surface area contributed by atoms with E-state index in [1.54, 1.807) is 0 Å². The van der Waals surface area contributed by atoms with Crippen molar-refractivity contribution >= 4 is 5.78 Å². The Morgan fingerprint density at radius 2 is 2.00 bits per heavy atom. The Labute approximate surface area is 75.9 Å². The van der Waals surface area contributed by atoms with Crippen LogP contribution in [-0.2, 0) is 4.79 Å². The molecule has 0 heterocycles. The van der Waals surface area contributed by atoms with E-state index in [0.717, 1.165) is 12.8 Å². The number of hydrogen-bond donors (Lipinski definition) is 0. The Kier molecular flexibility index (Phi) is 5.69. The van der Waals surface area contributed by atoms with E-state index in [-0.39, 0.29) is 5.92 Å². The van der Waals surface area contributed by atoms with E-state index in [2.05, 4.69) is 20.4 Å². The number of hydrogen-bond acceptors (Lipinski definition) is 1. The average molecular weight is 168 g/mol. The highest BCUT2D eigenvalue weighted by molar-refractivity contribution is 5.80. The van der Waals surface area contributed by atoms with E-state index < -0.39 is 0 Å². The monoisotopic (exact) mass is 168 g/mol. The highest BCUT2D eigenvalue weighted by Crippen LogP contribution is 2.14. The van der Waals surface area contributed by atoms with Crippen LogP contribution in [0.15, 0.2) is 12.7 Å². The SMILES string of the molecule is C=CCCCC(=O)C(C)C(C)C. The van der Waals surface area contributed by atoms with Crippen LogP contribution in [0, 0.1) is 11.8 Å². The van der Waals surface area contributed by atoms with Gasteiger partial charge < -0.3 is 0 Å². The molecule has 70 valence electrons. The molecule has 0 saturated carbocycles. The first kappa shape index (κ1) is 11.4. The molecule has 0 aromatic carbocycles. The fourth-order valence-electron chi connectivity index (χ4n) is 1.02. The summed E-state index contributed by atoms with van der Waals surface area (Å²) in [6.45, 7) is 9.83. The number of carbonyl (C=O) groups is 1. The lowest BCUT2D eigenvalue weighted by Crippen LogP contribution is -2.16. The molecule has 0 rings (SSSR count). The van der Waals surface area contributed by atoms with Crippen LogP contribution in [-0.4, -0.2) is 5.78 Å². The van der Waals surface area contributed by atoms with E-state index in [1.807, 2.05) is 13.0 Å². The van der Waals surface area contributed by atoms with E-state index in [0.29, 0.717) is 18.1 Å². The standard InChI is InChI=1S/C11H20O/c1-5-6-7-8-11(12)10(4)9(2)3/h5,9-10H,1,6-8H2,2-4H3. The van der Waals surface area contributed by atoms with Gasteiger partial charge in [-0.1, -0.05) is 26.8 Å². The van der Waals surface area contributed by atoms with Gasteiger partial charge >= 0.3 is 0 Å². The van der Waals surface area contributed by atoms with E-state index in [4.69, 9.17) is 0 Å². The third-order valence-electron chi connectivity index (χ3n) is 2.34. The van der Waals surface area contributed by atoms with Gasteiger partial charge in [-0.05, 0) is 18.8 Å². The van der Waals surface area contributed by atoms with Crippen LogP contribution in [0.3, 0.4) is 0 Å². The van der Waals surface area contributed by atoms with Gasteiger partial charge in [0.05, 0.1) is 0 Å². The maximum atomic E-state index is 11.4. The Balaban J connectivity index is 3.64. The normalized spacial score (nSPS) is 13.0. The van der Waals surface area contributed by atoms with Crippen molar-refractivity contribution in [3.05, 3.63) is 12.7 Å². The van der Waals surface area contributed by atoms with Gasteiger partial charge in [-0.25, -0.2) is 0 Å². The van der Waals surface area contributed by atoms with Gasteiger partial charge in [-0.15, -0.1) is 6.58 Å². The number of carbonyl (C=O) groups excluding carboxylic acids is 1. The van der Waals surface area contributed by atoms with Crippen molar-refractivity contribution in [1.29, 1.82) is 0 Å². The van der Waals surface area contributed by atoms with Gasteiger partial charge in [-0.2, -0.15) is 0 Å². The molecule has 0 N–H and O–H groups in total. The lowest BCUT2D eigenvalue weighted by atomic mass is 9.91. The molecule has 0 aromatic rings. The summed E-state index contributed by atoms with van der Waals surface area (Å²) in [5.74, 6) is 1.09. The van der Waals surface area contributed by atoms with Crippen molar-refractivity contribution in [2.75, 3.05) is 0 Å². The molecule has 0 aliphatic heterocycles. The second-order valence-corrected chi connectivity index (χ2v) is 3.68. The van der Waals surface area contributed by atoms with E-state index >= 15 is 0 Å². The topological polar surface area (TPSA) is 17.1 Å². The maximum absolute atomic E-state index is 11.4. The van der Waals surface area contributed by atoms with Gasteiger partial charge in [0, 0.05) is 12.3 Å². The Bertz CT molecular complexity index is 147. The average Bonchev–Trinajstić information content (AvgIpc) is 2.03. The highest BCUT2D eigenvalue weighted by atomic mass is 16.1. The molecule has 0 fully saturated rings. The predicted octanol–water partition coefficient (Wildman–Crippen LogP) is 3.20. The van der Waals surface area contributed by atoms with Crippen molar-refractivity contribution in [3.8, 4) is 0 Å². The van der Waals surface area contributed by atoms with Crippen LogP contribution >= 0.6 is 0 Å². The Hall–Kier alpha value is -0.590. The summed E-state index contributed by atoms with van der Waals surface area (Å²) in [6.07, 6.45) is 4.49. The first-order valence-electron chi connectivity index (χ1n) is 4.73. The van der Waals surface area contributed by atoms with Gasteiger partial charge in [0.2, 0.25) is 0 Å². The lowest BCUT2D eigenvalue weighted by Gasteiger charge is -2.13. The maximum Gasteiger partial charge on any atom is 0.135 e. The quantitative estimate of drug-likeness (QED) is 0.439. The summed E-state index contributed by atoms with van der Waals surface area (Å²) < 4.78 is 0. The highest BCUT2D eigenvalue weighted by Gasteiger charge is 2.15. The fourth-order valence-corrected chi connectivity index (χ4v) is 1.02. The number of allylic oxidation sites excluding steroid dienone is 1.